The number of rotatable bonds is 3. The normalized spacial score (nSPS) is 19.1. The monoisotopic (exact) mass is 337 g/mol. The highest BCUT2D eigenvalue weighted by molar-refractivity contribution is 9.09. The molecule has 0 unspecified atom stereocenters. The van der Waals surface area contributed by atoms with Crippen molar-refractivity contribution >= 4 is 27.0 Å². The molecule has 0 N–H and O–H groups in total. The fourth-order valence-electron chi connectivity index (χ4n) is 3.31. The van der Waals surface area contributed by atoms with Gasteiger partial charge in [-0.1, -0.05) is 53.7 Å². The van der Waals surface area contributed by atoms with E-state index < -0.39 is 0 Å². The summed E-state index contributed by atoms with van der Waals surface area (Å²) in [5.74, 6) is -0.226. The van der Waals surface area contributed by atoms with Gasteiger partial charge in [-0.3, -0.25) is 4.57 Å². The summed E-state index contributed by atoms with van der Waals surface area (Å²) in [6, 6.07) is 7.70. The Balaban J connectivity index is 1.98. The number of para-hydroxylation sites is 2. The van der Waals surface area contributed by atoms with Crippen molar-refractivity contribution in [3.05, 3.63) is 34.8 Å². The van der Waals surface area contributed by atoms with Crippen LogP contribution in [0.2, 0.25) is 0 Å². The van der Waals surface area contributed by atoms with Gasteiger partial charge in [0.15, 0.2) is 5.58 Å². The second kappa shape index (κ2) is 5.76. The van der Waals surface area contributed by atoms with Gasteiger partial charge in [0.1, 0.15) is 0 Å². The lowest BCUT2D eigenvalue weighted by molar-refractivity contribution is 0.237. The number of fused-ring (bicyclic) bond motifs is 1. The standard InChI is InChI=1S/C16H20BrNO2/c17-11-16(9-5-1-2-6-10-16)12-18-13-7-3-4-8-14(13)20-15(18)19/h3-4,7-8H,1-2,5-6,9-12H2. The van der Waals surface area contributed by atoms with Gasteiger partial charge < -0.3 is 4.42 Å². The largest absolute Gasteiger partial charge is 0.419 e. The number of hydrogen-bond acceptors (Lipinski definition) is 2. The van der Waals surface area contributed by atoms with Gasteiger partial charge in [0.25, 0.3) is 0 Å². The maximum Gasteiger partial charge on any atom is 0.419 e. The summed E-state index contributed by atoms with van der Waals surface area (Å²) < 4.78 is 7.17. The minimum absolute atomic E-state index is 0.187. The molecule has 0 amide bonds. The summed E-state index contributed by atoms with van der Waals surface area (Å²) in [5, 5.41) is 0.950. The van der Waals surface area contributed by atoms with E-state index in [-0.39, 0.29) is 11.2 Å². The van der Waals surface area contributed by atoms with E-state index in [0.717, 1.165) is 17.4 Å². The zero-order valence-corrected chi connectivity index (χ0v) is 13.2. The lowest BCUT2D eigenvalue weighted by Crippen LogP contribution is -2.32. The van der Waals surface area contributed by atoms with Crippen LogP contribution >= 0.6 is 15.9 Å². The molecular formula is C16H20BrNO2. The first kappa shape index (κ1) is 13.9. The molecule has 0 atom stereocenters. The number of hydrogen-bond donors (Lipinski definition) is 0. The Morgan fingerprint density at radius 1 is 1.15 bits per heavy atom. The fraction of sp³-hybridized carbons (Fsp3) is 0.562. The molecular weight excluding hydrogens is 318 g/mol. The van der Waals surface area contributed by atoms with Crippen LogP contribution in [0.25, 0.3) is 11.1 Å². The maximum absolute atomic E-state index is 12.1. The topological polar surface area (TPSA) is 35.1 Å². The Kier molecular flexibility index (Phi) is 4.01. The van der Waals surface area contributed by atoms with Crippen LogP contribution in [0.15, 0.2) is 33.5 Å². The van der Waals surface area contributed by atoms with E-state index >= 15 is 0 Å². The summed E-state index contributed by atoms with van der Waals surface area (Å²) in [7, 11) is 0. The van der Waals surface area contributed by atoms with Crippen molar-refractivity contribution in [2.75, 3.05) is 5.33 Å². The van der Waals surface area contributed by atoms with Crippen LogP contribution < -0.4 is 5.76 Å². The molecule has 1 aliphatic rings. The van der Waals surface area contributed by atoms with Crippen LogP contribution in [-0.2, 0) is 6.54 Å². The van der Waals surface area contributed by atoms with Crippen molar-refractivity contribution in [1.82, 2.24) is 4.57 Å². The molecule has 0 radical (unpaired) electrons. The van der Waals surface area contributed by atoms with Crippen LogP contribution in [-0.4, -0.2) is 9.90 Å². The third-order valence-electron chi connectivity index (χ3n) is 4.51. The first-order chi connectivity index (χ1) is 9.74. The molecule has 0 saturated heterocycles. The van der Waals surface area contributed by atoms with Crippen molar-refractivity contribution in [1.29, 1.82) is 0 Å². The van der Waals surface area contributed by atoms with Gasteiger partial charge in [-0.25, -0.2) is 4.79 Å². The quantitative estimate of drug-likeness (QED) is 0.617. The molecule has 0 bridgehead atoms. The van der Waals surface area contributed by atoms with E-state index in [1.165, 1.54) is 38.5 Å². The molecule has 0 spiro atoms. The molecule has 108 valence electrons. The van der Waals surface area contributed by atoms with Crippen molar-refractivity contribution in [3.8, 4) is 0 Å². The first-order valence-corrected chi connectivity index (χ1v) is 8.51. The van der Waals surface area contributed by atoms with Gasteiger partial charge in [0.2, 0.25) is 0 Å². The van der Waals surface area contributed by atoms with Crippen molar-refractivity contribution in [3.63, 3.8) is 0 Å². The molecule has 2 aromatic rings. The van der Waals surface area contributed by atoms with Crippen LogP contribution in [0.5, 0.6) is 0 Å². The Morgan fingerprint density at radius 3 is 2.55 bits per heavy atom. The Labute approximate surface area is 127 Å². The van der Waals surface area contributed by atoms with Gasteiger partial charge in [-0.05, 0) is 30.4 Å². The summed E-state index contributed by atoms with van der Waals surface area (Å²) in [6.45, 7) is 0.758. The number of aromatic nitrogens is 1. The van der Waals surface area contributed by atoms with Crippen molar-refractivity contribution in [2.45, 2.75) is 45.1 Å². The van der Waals surface area contributed by atoms with Gasteiger partial charge in [0.05, 0.1) is 5.52 Å². The molecule has 1 saturated carbocycles. The highest BCUT2D eigenvalue weighted by atomic mass is 79.9. The lowest BCUT2D eigenvalue weighted by atomic mass is 9.82. The average Bonchev–Trinajstić information content (AvgIpc) is 2.65. The second-order valence-electron chi connectivity index (χ2n) is 5.97. The molecule has 0 aliphatic heterocycles. The summed E-state index contributed by atoms with van der Waals surface area (Å²) in [6.07, 6.45) is 7.52. The van der Waals surface area contributed by atoms with Gasteiger partial charge in [0, 0.05) is 11.9 Å². The SMILES string of the molecule is O=c1oc2ccccc2n1CC1(CBr)CCCCCC1. The Morgan fingerprint density at radius 2 is 1.85 bits per heavy atom. The van der Waals surface area contributed by atoms with Gasteiger partial charge >= 0.3 is 5.76 Å². The molecule has 20 heavy (non-hydrogen) atoms. The summed E-state index contributed by atoms with van der Waals surface area (Å²) in [4.78, 5) is 12.1. The third-order valence-corrected chi connectivity index (χ3v) is 5.70. The minimum Gasteiger partial charge on any atom is -0.408 e. The van der Waals surface area contributed by atoms with E-state index in [1.807, 2.05) is 28.8 Å². The van der Waals surface area contributed by atoms with Gasteiger partial charge in [-0.15, -0.1) is 0 Å². The van der Waals surface area contributed by atoms with Crippen LogP contribution in [0.3, 0.4) is 0 Å². The van der Waals surface area contributed by atoms with Crippen molar-refractivity contribution in [2.24, 2.45) is 5.41 Å². The van der Waals surface area contributed by atoms with Gasteiger partial charge in [-0.2, -0.15) is 0 Å². The number of alkyl halides is 1. The molecule has 3 nitrogen and oxygen atoms in total. The number of oxazole rings is 1. The van der Waals surface area contributed by atoms with E-state index in [9.17, 15) is 4.79 Å². The van der Waals surface area contributed by atoms with Crippen LogP contribution in [0.4, 0.5) is 0 Å². The Bertz CT molecular complexity index is 635. The highest BCUT2D eigenvalue weighted by Gasteiger charge is 2.31. The summed E-state index contributed by atoms with van der Waals surface area (Å²) in [5.41, 5.74) is 1.80. The van der Waals surface area contributed by atoms with E-state index in [2.05, 4.69) is 15.9 Å². The van der Waals surface area contributed by atoms with E-state index in [1.54, 1.807) is 0 Å². The molecule has 1 heterocycles. The third kappa shape index (κ3) is 2.58. The predicted octanol–water partition coefficient (Wildman–Crippen LogP) is 4.33. The summed E-state index contributed by atoms with van der Waals surface area (Å²) >= 11 is 3.69. The molecule has 3 rings (SSSR count). The minimum atomic E-state index is -0.226. The number of benzene rings is 1. The van der Waals surface area contributed by atoms with E-state index in [4.69, 9.17) is 4.42 Å². The lowest BCUT2D eigenvalue weighted by Gasteiger charge is -2.30. The van der Waals surface area contributed by atoms with Crippen LogP contribution in [0.1, 0.15) is 38.5 Å². The van der Waals surface area contributed by atoms with Crippen molar-refractivity contribution < 1.29 is 4.42 Å². The first-order valence-electron chi connectivity index (χ1n) is 7.38. The molecule has 4 heteroatoms. The zero-order valence-electron chi connectivity index (χ0n) is 11.6. The predicted molar refractivity (Wildman–Crippen MR) is 84.4 cm³/mol. The fourth-order valence-corrected chi connectivity index (χ4v) is 4.05. The Hall–Kier alpha value is -1.03. The number of halogens is 1. The number of nitrogens with zero attached hydrogens (tertiary/aromatic N) is 1. The smallest absolute Gasteiger partial charge is 0.408 e. The highest BCUT2D eigenvalue weighted by Crippen LogP contribution is 2.38. The molecule has 1 aromatic carbocycles. The molecule has 1 aliphatic carbocycles. The maximum atomic E-state index is 12.1. The van der Waals surface area contributed by atoms with E-state index in [0.29, 0.717) is 5.58 Å². The second-order valence-corrected chi connectivity index (χ2v) is 6.53. The zero-order chi connectivity index (χ0) is 14.0. The van der Waals surface area contributed by atoms with Crippen LogP contribution in [0, 0.1) is 5.41 Å². The molecule has 1 fully saturated rings. The average molecular weight is 338 g/mol. The molecule has 1 aromatic heterocycles.